The summed E-state index contributed by atoms with van der Waals surface area (Å²) >= 11 is 6.70. The highest BCUT2D eigenvalue weighted by Gasteiger charge is 2.50. The molecular weight excluding hydrogens is 788 g/mol. The number of carbonyl (C=O) groups is 2. The molecule has 2 unspecified atom stereocenters. The molecule has 1 fully saturated rings. The van der Waals surface area contributed by atoms with Crippen LogP contribution < -0.4 is 10.6 Å². The SMILES string of the molecule is C=CC1CC(F)(F)c2c1c(C(F)F)nn2CC(=O)NC(Cc1cc(F)cc(F)c1)c1nc(C#CC(C)(C)O)ccc1-c1ccc(Cl)c2c(NC(=O)C3CC3)nn(C)c12. The highest BCUT2D eigenvalue weighted by Crippen LogP contribution is 2.51. The minimum atomic E-state index is -3.62. The quantitative estimate of drug-likeness (QED) is 0.0704. The predicted octanol–water partition coefficient (Wildman–Crippen LogP) is 8.04. The van der Waals surface area contributed by atoms with Gasteiger partial charge in [0.05, 0.1) is 27.7 Å². The van der Waals surface area contributed by atoms with Gasteiger partial charge in [-0.2, -0.15) is 19.0 Å². The normalized spacial score (nSPS) is 16.5. The van der Waals surface area contributed by atoms with Gasteiger partial charge in [-0.05, 0) is 74.9 Å². The zero-order valence-electron chi connectivity index (χ0n) is 31.3. The first-order valence-corrected chi connectivity index (χ1v) is 18.6. The second-order valence-electron chi connectivity index (χ2n) is 15.0. The molecule has 17 heteroatoms. The van der Waals surface area contributed by atoms with E-state index in [1.54, 1.807) is 31.3 Å². The van der Waals surface area contributed by atoms with E-state index in [0.717, 1.165) is 31.1 Å². The van der Waals surface area contributed by atoms with Crippen LogP contribution in [0.1, 0.15) is 85.4 Å². The van der Waals surface area contributed by atoms with Gasteiger partial charge in [-0.1, -0.05) is 29.7 Å². The maximum atomic E-state index is 15.4. The molecule has 0 bridgehead atoms. The Labute approximate surface area is 333 Å². The molecule has 10 nitrogen and oxygen atoms in total. The predicted molar refractivity (Wildman–Crippen MR) is 203 cm³/mol. The molecule has 3 aromatic heterocycles. The number of allylic oxidation sites excluding steroid dienone is 1. The number of pyridine rings is 1. The number of fused-ring (bicyclic) bond motifs is 2. The third-order valence-electron chi connectivity index (χ3n) is 9.86. The molecule has 0 radical (unpaired) electrons. The van der Waals surface area contributed by atoms with Crippen molar-refractivity contribution in [2.45, 2.75) is 76.0 Å². The molecule has 2 atom stereocenters. The number of halogens is 7. The van der Waals surface area contributed by atoms with Crippen LogP contribution in [0.3, 0.4) is 0 Å². The number of carbonyl (C=O) groups excluding carboxylic acids is 2. The summed E-state index contributed by atoms with van der Waals surface area (Å²) < 4.78 is 90.2. The number of aryl methyl sites for hydroxylation is 1. The summed E-state index contributed by atoms with van der Waals surface area (Å²) in [6.07, 6.45) is -1.77. The molecular formula is C41H36ClF6N7O3. The molecule has 302 valence electrons. The van der Waals surface area contributed by atoms with Gasteiger partial charge in [-0.25, -0.2) is 22.5 Å². The molecule has 2 amide bonds. The van der Waals surface area contributed by atoms with Gasteiger partial charge in [0, 0.05) is 48.1 Å². The van der Waals surface area contributed by atoms with E-state index < -0.39 is 77.4 Å². The Balaban J connectivity index is 1.38. The van der Waals surface area contributed by atoms with Crippen LogP contribution in [-0.2, 0) is 35.5 Å². The van der Waals surface area contributed by atoms with Gasteiger partial charge in [0.1, 0.15) is 40.9 Å². The van der Waals surface area contributed by atoms with Gasteiger partial charge in [0.25, 0.3) is 12.3 Å². The first kappa shape index (κ1) is 40.5. The van der Waals surface area contributed by atoms with Crippen molar-refractivity contribution in [3.63, 3.8) is 0 Å². The van der Waals surface area contributed by atoms with E-state index in [-0.39, 0.29) is 46.0 Å². The monoisotopic (exact) mass is 823 g/mol. The average molecular weight is 824 g/mol. The summed E-state index contributed by atoms with van der Waals surface area (Å²) in [4.78, 5) is 31.6. The van der Waals surface area contributed by atoms with Crippen molar-refractivity contribution in [3.05, 3.63) is 106 Å². The topological polar surface area (TPSA) is 127 Å². The summed E-state index contributed by atoms with van der Waals surface area (Å²) in [6.45, 7) is 5.48. The number of rotatable bonds is 11. The van der Waals surface area contributed by atoms with E-state index in [2.05, 4.69) is 39.3 Å². The number of aromatic nitrogens is 5. The molecule has 7 rings (SSSR count). The minimum absolute atomic E-state index is 0.0655. The molecule has 0 saturated heterocycles. The molecule has 58 heavy (non-hydrogen) atoms. The van der Waals surface area contributed by atoms with Crippen LogP contribution in [0.25, 0.3) is 22.0 Å². The van der Waals surface area contributed by atoms with Crippen LogP contribution in [0.15, 0.2) is 55.1 Å². The van der Waals surface area contributed by atoms with E-state index in [4.69, 9.17) is 16.6 Å². The summed E-state index contributed by atoms with van der Waals surface area (Å²) in [6, 6.07) is 7.84. The largest absolute Gasteiger partial charge is 0.378 e. The standard InChI is InChI=1S/C41H36ClF6N7O3/c1-5-21-18-41(47,48)36-31(21)34(37(45)46)52-55(36)19-30(56)50-29(16-20-14-23(43)17-24(44)15-20)33-26(9-8-25(49-33)12-13-40(2,3)58)27-10-11-28(42)32-35(27)54(4)53-38(32)51-39(57)22-6-7-22/h5,8-11,14-15,17,21-22,29,37,58H,1,6-7,16,18-19H2,2-4H3,(H,50,56)(H,51,53,57). The van der Waals surface area contributed by atoms with Crippen molar-refractivity contribution < 1.29 is 41.0 Å². The smallest absolute Gasteiger partial charge is 0.290 e. The van der Waals surface area contributed by atoms with E-state index in [1.165, 1.54) is 18.5 Å². The number of anilines is 1. The van der Waals surface area contributed by atoms with Gasteiger partial charge in [-0.15, -0.1) is 6.58 Å². The maximum absolute atomic E-state index is 15.4. The third-order valence-corrected chi connectivity index (χ3v) is 10.2. The van der Waals surface area contributed by atoms with Gasteiger partial charge < -0.3 is 15.7 Å². The van der Waals surface area contributed by atoms with E-state index in [0.29, 0.717) is 32.8 Å². The Kier molecular flexibility index (Phi) is 10.7. The van der Waals surface area contributed by atoms with Crippen LogP contribution >= 0.6 is 11.6 Å². The highest BCUT2D eigenvalue weighted by molar-refractivity contribution is 6.37. The van der Waals surface area contributed by atoms with E-state index >= 15 is 8.78 Å². The van der Waals surface area contributed by atoms with E-state index in [1.807, 2.05) is 0 Å². The fourth-order valence-corrected chi connectivity index (χ4v) is 7.50. The number of amides is 2. The Hall–Kier alpha value is -5.66. The van der Waals surface area contributed by atoms with Crippen molar-refractivity contribution in [3.8, 4) is 23.0 Å². The summed E-state index contributed by atoms with van der Waals surface area (Å²) in [5.41, 5.74) is -2.11. The molecule has 3 N–H and O–H groups in total. The molecule has 0 aliphatic heterocycles. The zero-order valence-corrected chi connectivity index (χ0v) is 32.1. The lowest BCUT2D eigenvalue weighted by Crippen LogP contribution is -2.35. The fourth-order valence-electron chi connectivity index (χ4n) is 7.26. The first-order chi connectivity index (χ1) is 27.3. The van der Waals surface area contributed by atoms with Crippen molar-refractivity contribution in [2.75, 3.05) is 5.32 Å². The van der Waals surface area contributed by atoms with Crippen LogP contribution in [-0.4, -0.2) is 47.1 Å². The van der Waals surface area contributed by atoms with Crippen molar-refractivity contribution >= 4 is 40.1 Å². The minimum Gasteiger partial charge on any atom is -0.378 e. The van der Waals surface area contributed by atoms with Crippen LogP contribution in [0.4, 0.5) is 32.2 Å². The molecule has 2 aromatic carbocycles. The number of hydrogen-bond donors (Lipinski definition) is 3. The summed E-state index contributed by atoms with van der Waals surface area (Å²) in [7, 11) is 1.63. The average Bonchev–Trinajstić information content (AvgIpc) is 3.76. The Bertz CT molecular complexity index is 2530. The van der Waals surface area contributed by atoms with Crippen molar-refractivity contribution in [1.82, 2.24) is 29.9 Å². The molecule has 0 spiro atoms. The second kappa shape index (κ2) is 15.3. The first-order valence-electron chi connectivity index (χ1n) is 18.2. The molecule has 2 aliphatic carbocycles. The number of hydrogen-bond acceptors (Lipinski definition) is 6. The molecule has 5 aromatic rings. The summed E-state index contributed by atoms with van der Waals surface area (Å²) in [5, 5.41) is 24.8. The number of aliphatic hydroxyl groups is 1. The Morgan fingerprint density at radius 1 is 1.09 bits per heavy atom. The third kappa shape index (κ3) is 8.19. The Morgan fingerprint density at radius 2 is 1.78 bits per heavy atom. The van der Waals surface area contributed by atoms with E-state index in [9.17, 15) is 32.3 Å². The lowest BCUT2D eigenvalue weighted by molar-refractivity contribution is -0.123. The van der Waals surface area contributed by atoms with Gasteiger partial charge in [-0.3, -0.25) is 19.0 Å². The van der Waals surface area contributed by atoms with Crippen molar-refractivity contribution in [2.24, 2.45) is 13.0 Å². The van der Waals surface area contributed by atoms with Gasteiger partial charge in [0.15, 0.2) is 5.82 Å². The Morgan fingerprint density at radius 3 is 2.41 bits per heavy atom. The van der Waals surface area contributed by atoms with Crippen molar-refractivity contribution in [1.29, 1.82) is 0 Å². The summed E-state index contributed by atoms with van der Waals surface area (Å²) in [5.74, 6) is -2.27. The fraction of sp³-hybridized carbons (Fsp3) is 0.341. The number of alkyl halides is 4. The van der Waals surface area contributed by atoms with Crippen LogP contribution in [0, 0.1) is 29.4 Å². The molecule has 1 saturated carbocycles. The molecule has 2 aliphatic rings. The highest BCUT2D eigenvalue weighted by atomic mass is 35.5. The number of benzene rings is 2. The van der Waals surface area contributed by atoms with Crippen LogP contribution in [0.2, 0.25) is 5.02 Å². The maximum Gasteiger partial charge on any atom is 0.290 e. The van der Waals surface area contributed by atoms with Gasteiger partial charge in [0.2, 0.25) is 11.8 Å². The zero-order chi connectivity index (χ0) is 41.8. The van der Waals surface area contributed by atoms with Gasteiger partial charge >= 0.3 is 0 Å². The number of nitrogens with one attached hydrogen (secondary N) is 2. The lowest BCUT2D eigenvalue weighted by Gasteiger charge is -2.23. The number of nitrogens with zero attached hydrogens (tertiary/aromatic N) is 5. The molecule has 3 heterocycles. The lowest BCUT2D eigenvalue weighted by atomic mass is 9.93. The second-order valence-corrected chi connectivity index (χ2v) is 15.4. The van der Waals surface area contributed by atoms with Crippen LogP contribution in [0.5, 0.6) is 0 Å².